The summed E-state index contributed by atoms with van der Waals surface area (Å²) >= 11 is 0. The Bertz CT molecular complexity index is 1200. The van der Waals surface area contributed by atoms with Crippen LogP contribution in [0.15, 0.2) is 41.4 Å². The zero-order valence-electron chi connectivity index (χ0n) is 22.6. The number of ether oxygens (including phenoxy) is 2. The summed E-state index contributed by atoms with van der Waals surface area (Å²) in [5.41, 5.74) is 5.82. The topological polar surface area (TPSA) is 126 Å². The molecular formula is C28H37FN4O5. The number of nitrogens with zero attached hydrogens (tertiary/aromatic N) is 2. The van der Waals surface area contributed by atoms with Crippen molar-refractivity contribution in [1.29, 1.82) is 0 Å². The Morgan fingerprint density at radius 1 is 1.29 bits per heavy atom. The maximum Gasteiger partial charge on any atom is 0.251 e. The van der Waals surface area contributed by atoms with Crippen LogP contribution in [-0.4, -0.2) is 52.6 Å². The molecular weight excluding hydrogens is 491 g/mol. The largest absolute Gasteiger partial charge is 0.494 e. The lowest BCUT2D eigenvalue weighted by atomic mass is 9.87. The van der Waals surface area contributed by atoms with Gasteiger partial charge in [-0.25, -0.2) is 9.38 Å². The maximum absolute atomic E-state index is 14.0. The first-order valence-corrected chi connectivity index (χ1v) is 13.0. The van der Waals surface area contributed by atoms with Crippen LogP contribution in [-0.2, 0) is 11.3 Å². The van der Waals surface area contributed by atoms with E-state index in [2.05, 4.69) is 10.3 Å². The second kappa shape index (κ2) is 12.3. The minimum absolute atomic E-state index is 0.0699. The molecule has 0 aromatic heterocycles. The number of rotatable bonds is 7. The Morgan fingerprint density at radius 3 is 2.68 bits per heavy atom. The molecule has 2 amide bonds. The summed E-state index contributed by atoms with van der Waals surface area (Å²) in [6.07, 6.45) is 0.972. The van der Waals surface area contributed by atoms with Crippen molar-refractivity contribution in [1.82, 2.24) is 10.2 Å². The van der Waals surface area contributed by atoms with Crippen LogP contribution >= 0.6 is 0 Å². The fourth-order valence-corrected chi connectivity index (χ4v) is 4.42. The van der Waals surface area contributed by atoms with Crippen LogP contribution in [0.4, 0.5) is 4.39 Å². The molecule has 3 unspecified atom stereocenters. The third-order valence-corrected chi connectivity index (χ3v) is 6.42. The van der Waals surface area contributed by atoms with Crippen molar-refractivity contribution >= 4 is 17.8 Å². The van der Waals surface area contributed by atoms with Gasteiger partial charge in [0, 0.05) is 23.1 Å². The predicted molar refractivity (Wildman–Crippen MR) is 143 cm³/mol. The molecule has 0 saturated carbocycles. The lowest BCUT2D eigenvalue weighted by Crippen LogP contribution is -2.50. The van der Waals surface area contributed by atoms with E-state index in [-0.39, 0.29) is 43.0 Å². The molecule has 2 aliphatic rings. The SMILES string of the molecule is CC.CCOc1ccc(C(=O)NC2c3cc(F)ccc3OCC2(C)O)cc1CN1C(=O)CC(CC)N=C1N. The summed E-state index contributed by atoms with van der Waals surface area (Å²) in [6.45, 7) is 9.71. The predicted octanol–water partition coefficient (Wildman–Crippen LogP) is 3.69. The van der Waals surface area contributed by atoms with Crippen LogP contribution in [0.3, 0.4) is 0 Å². The molecule has 4 rings (SSSR count). The highest BCUT2D eigenvalue weighted by molar-refractivity contribution is 5.99. The first-order chi connectivity index (χ1) is 18.1. The zero-order chi connectivity index (χ0) is 28.0. The Morgan fingerprint density at radius 2 is 2.03 bits per heavy atom. The Kier molecular flexibility index (Phi) is 9.32. The third kappa shape index (κ3) is 6.24. The van der Waals surface area contributed by atoms with Gasteiger partial charge in [-0.1, -0.05) is 20.8 Å². The lowest BCUT2D eigenvalue weighted by Gasteiger charge is -2.38. The number of aliphatic imine (C=N–C) groups is 1. The molecule has 9 nitrogen and oxygen atoms in total. The van der Waals surface area contributed by atoms with Crippen LogP contribution in [0.2, 0.25) is 0 Å². The van der Waals surface area contributed by atoms with E-state index in [1.54, 1.807) is 18.2 Å². The van der Waals surface area contributed by atoms with E-state index in [0.717, 1.165) is 0 Å². The highest BCUT2D eigenvalue weighted by Gasteiger charge is 2.41. The summed E-state index contributed by atoms with van der Waals surface area (Å²) in [4.78, 5) is 31.8. The highest BCUT2D eigenvalue weighted by atomic mass is 19.1. The molecule has 2 heterocycles. The summed E-state index contributed by atoms with van der Waals surface area (Å²) in [5, 5.41) is 13.7. The fraction of sp³-hybridized carbons (Fsp3) is 0.464. The van der Waals surface area contributed by atoms with E-state index in [1.165, 1.54) is 30.0 Å². The molecule has 2 aromatic carbocycles. The molecule has 3 atom stereocenters. The van der Waals surface area contributed by atoms with Gasteiger partial charge in [0.25, 0.3) is 5.91 Å². The van der Waals surface area contributed by atoms with Gasteiger partial charge in [0.2, 0.25) is 5.91 Å². The van der Waals surface area contributed by atoms with E-state index < -0.39 is 23.4 Å². The van der Waals surface area contributed by atoms with Crippen molar-refractivity contribution in [2.75, 3.05) is 13.2 Å². The van der Waals surface area contributed by atoms with Gasteiger partial charge in [0.1, 0.15) is 29.5 Å². The van der Waals surface area contributed by atoms with Crippen molar-refractivity contribution in [2.45, 2.75) is 71.7 Å². The van der Waals surface area contributed by atoms with E-state index in [0.29, 0.717) is 35.7 Å². The highest BCUT2D eigenvalue weighted by Crippen LogP contribution is 2.38. The second-order valence-corrected chi connectivity index (χ2v) is 9.22. The average molecular weight is 529 g/mol. The minimum atomic E-state index is -1.47. The number of halogens is 1. The second-order valence-electron chi connectivity index (χ2n) is 9.22. The number of hydrogen-bond acceptors (Lipinski definition) is 7. The number of fused-ring (bicyclic) bond motifs is 1. The number of nitrogens with one attached hydrogen (secondary N) is 1. The molecule has 0 spiro atoms. The zero-order valence-corrected chi connectivity index (χ0v) is 22.6. The van der Waals surface area contributed by atoms with Crippen molar-refractivity contribution in [3.63, 3.8) is 0 Å². The molecule has 4 N–H and O–H groups in total. The van der Waals surface area contributed by atoms with Crippen LogP contribution < -0.4 is 20.5 Å². The van der Waals surface area contributed by atoms with Crippen LogP contribution in [0.25, 0.3) is 0 Å². The molecule has 0 radical (unpaired) electrons. The van der Waals surface area contributed by atoms with Crippen LogP contribution in [0, 0.1) is 5.82 Å². The number of guanidine groups is 1. The molecule has 0 aliphatic carbocycles. The maximum atomic E-state index is 14.0. The molecule has 10 heteroatoms. The van der Waals surface area contributed by atoms with E-state index >= 15 is 0 Å². The number of aliphatic hydroxyl groups is 1. The van der Waals surface area contributed by atoms with Gasteiger partial charge < -0.3 is 25.6 Å². The Labute approximate surface area is 222 Å². The standard InChI is InChI=1S/C26H31FN4O5.C2H6/c1-4-18-12-22(32)31(25(28)29-18)13-16-10-15(6-8-20(16)35-5-2)24(33)30-23-19-11-17(27)7-9-21(19)36-14-26(23,3)34;1-2/h6-11,18,23,34H,4-5,12-14H2,1-3H3,(H2,28,29)(H,30,33);1-2H3. The van der Waals surface area contributed by atoms with E-state index in [1.807, 2.05) is 27.7 Å². The van der Waals surface area contributed by atoms with Crippen molar-refractivity contribution < 1.29 is 28.6 Å². The summed E-state index contributed by atoms with van der Waals surface area (Å²) in [6, 6.07) is 7.79. The van der Waals surface area contributed by atoms with Gasteiger partial charge in [0.05, 0.1) is 25.2 Å². The Hall–Kier alpha value is -3.66. The average Bonchev–Trinajstić information content (AvgIpc) is 2.89. The van der Waals surface area contributed by atoms with Gasteiger partial charge in [-0.2, -0.15) is 0 Å². The first kappa shape index (κ1) is 28.9. The van der Waals surface area contributed by atoms with Gasteiger partial charge in [-0.15, -0.1) is 0 Å². The summed E-state index contributed by atoms with van der Waals surface area (Å²) in [7, 11) is 0. The van der Waals surface area contributed by atoms with Crippen LogP contribution in [0.5, 0.6) is 11.5 Å². The molecule has 0 fully saturated rings. The molecule has 206 valence electrons. The molecule has 0 saturated heterocycles. The minimum Gasteiger partial charge on any atom is -0.494 e. The molecule has 2 aliphatic heterocycles. The van der Waals surface area contributed by atoms with Gasteiger partial charge in [-0.05, 0) is 56.7 Å². The smallest absolute Gasteiger partial charge is 0.251 e. The Balaban J connectivity index is 0.00000195. The van der Waals surface area contributed by atoms with Gasteiger partial charge in [-0.3, -0.25) is 14.5 Å². The molecule has 38 heavy (non-hydrogen) atoms. The normalized spacial score (nSPS) is 22.3. The van der Waals surface area contributed by atoms with Crippen molar-refractivity contribution in [3.05, 3.63) is 58.9 Å². The number of amides is 2. The summed E-state index contributed by atoms with van der Waals surface area (Å²) in [5.74, 6) is -0.106. The molecule has 0 bridgehead atoms. The summed E-state index contributed by atoms with van der Waals surface area (Å²) < 4.78 is 25.2. The number of carbonyl (C=O) groups is 2. The van der Waals surface area contributed by atoms with E-state index in [9.17, 15) is 19.1 Å². The monoisotopic (exact) mass is 528 g/mol. The fourth-order valence-electron chi connectivity index (χ4n) is 4.42. The third-order valence-electron chi connectivity index (χ3n) is 6.42. The quantitative estimate of drug-likeness (QED) is 0.503. The van der Waals surface area contributed by atoms with Crippen molar-refractivity contribution in [3.8, 4) is 11.5 Å². The number of hydrogen-bond donors (Lipinski definition) is 3. The first-order valence-electron chi connectivity index (χ1n) is 13.0. The van der Waals surface area contributed by atoms with Gasteiger partial charge >= 0.3 is 0 Å². The van der Waals surface area contributed by atoms with Crippen molar-refractivity contribution in [2.24, 2.45) is 10.7 Å². The van der Waals surface area contributed by atoms with Gasteiger partial charge in [0.15, 0.2) is 5.96 Å². The number of nitrogens with two attached hydrogens (primary N) is 1. The van der Waals surface area contributed by atoms with Crippen LogP contribution in [0.1, 0.15) is 75.0 Å². The number of benzene rings is 2. The lowest BCUT2D eigenvalue weighted by molar-refractivity contribution is -0.128. The number of carbonyl (C=O) groups excluding carboxylic acids is 2. The van der Waals surface area contributed by atoms with E-state index in [4.69, 9.17) is 15.2 Å². The molecule has 2 aromatic rings.